The van der Waals surface area contributed by atoms with E-state index < -0.39 is 0 Å². The minimum atomic E-state index is -0.346. The van der Waals surface area contributed by atoms with E-state index in [4.69, 9.17) is 11.6 Å². The average Bonchev–Trinajstić information content (AvgIpc) is 2.98. The minimum absolute atomic E-state index is 0.306. The maximum Gasteiger partial charge on any atom is 0.300 e. The molecule has 0 spiro atoms. The molecule has 0 radical (unpaired) electrons. The topological polar surface area (TPSA) is 47.3 Å². The number of hydrogen-bond donors (Lipinski definition) is 0. The molecule has 2 heterocycles. The van der Waals surface area contributed by atoms with Gasteiger partial charge in [0.2, 0.25) is 4.96 Å². The lowest BCUT2D eigenvalue weighted by Gasteiger charge is -2.04. The summed E-state index contributed by atoms with van der Waals surface area (Å²) < 4.78 is 2.71. The van der Waals surface area contributed by atoms with Gasteiger partial charge in [-0.2, -0.15) is 10.1 Å². The summed E-state index contributed by atoms with van der Waals surface area (Å²) in [7, 11) is 0. The summed E-state index contributed by atoms with van der Waals surface area (Å²) in [6, 6.07) is 14.9. The van der Waals surface area contributed by atoms with Gasteiger partial charge < -0.3 is 0 Å². The van der Waals surface area contributed by atoms with Crippen LogP contribution in [0.1, 0.15) is 0 Å². The molecule has 4 nitrogen and oxygen atoms in total. The molecule has 0 amide bonds. The van der Waals surface area contributed by atoms with Gasteiger partial charge in [-0.15, -0.1) is 11.3 Å². The molecule has 0 aliphatic carbocycles. The van der Waals surface area contributed by atoms with Gasteiger partial charge in [0.05, 0.1) is 5.69 Å². The number of rotatable bonds is 2. The normalized spacial score (nSPS) is 11.1. The van der Waals surface area contributed by atoms with Crippen LogP contribution in [0.4, 0.5) is 0 Å². The van der Waals surface area contributed by atoms with Crippen molar-refractivity contribution in [3.05, 3.63) is 73.8 Å². The molecule has 4 aromatic rings. The second-order valence-electron chi connectivity index (χ2n) is 5.09. The monoisotopic (exact) mass is 417 g/mol. The van der Waals surface area contributed by atoms with Crippen molar-refractivity contribution in [2.24, 2.45) is 0 Å². The largest absolute Gasteiger partial charge is 0.300 e. The zero-order chi connectivity index (χ0) is 16.7. The third-order valence-corrected chi connectivity index (χ3v) is 5.14. The van der Waals surface area contributed by atoms with Crippen molar-refractivity contribution < 1.29 is 0 Å². The van der Waals surface area contributed by atoms with E-state index >= 15 is 0 Å². The number of benzene rings is 2. The fourth-order valence-corrected chi connectivity index (χ4v) is 3.58. The Balaban J connectivity index is 1.92. The van der Waals surface area contributed by atoms with E-state index in [1.165, 1.54) is 11.3 Å². The number of halogens is 2. The van der Waals surface area contributed by atoms with E-state index in [9.17, 15) is 4.79 Å². The molecule has 2 aromatic heterocycles. The van der Waals surface area contributed by atoms with Crippen LogP contribution in [-0.2, 0) is 0 Å². The highest BCUT2D eigenvalue weighted by atomic mass is 79.9. The van der Waals surface area contributed by atoms with Crippen LogP contribution in [-0.4, -0.2) is 14.6 Å². The highest BCUT2D eigenvalue weighted by Crippen LogP contribution is 2.26. The van der Waals surface area contributed by atoms with E-state index in [0.717, 1.165) is 15.7 Å². The van der Waals surface area contributed by atoms with Crippen LogP contribution >= 0.6 is 38.9 Å². The number of hydrogen-bond acceptors (Lipinski definition) is 4. The third-order valence-electron chi connectivity index (χ3n) is 3.54. The molecule has 0 N–H and O–H groups in total. The zero-order valence-electron chi connectivity index (χ0n) is 12.1. The first-order chi connectivity index (χ1) is 11.6. The van der Waals surface area contributed by atoms with Crippen molar-refractivity contribution in [1.82, 2.24) is 14.6 Å². The first-order valence-corrected chi connectivity index (χ1v) is 9.07. The van der Waals surface area contributed by atoms with Crippen molar-refractivity contribution in [3.8, 4) is 22.5 Å². The molecule has 0 atom stereocenters. The summed E-state index contributed by atoms with van der Waals surface area (Å²) in [6.07, 6.45) is 0. The predicted octanol–water partition coefficient (Wildman–Crippen LogP) is 4.90. The Morgan fingerprint density at radius 2 is 1.67 bits per heavy atom. The van der Waals surface area contributed by atoms with E-state index in [1.807, 2.05) is 29.6 Å². The molecule has 0 unspecified atom stereocenters. The molecular formula is C17H9BrClN3OS. The highest BCUT2D eigenvalue weighted by Gasteiger charge is 2.13. The highest BCUT2D eigenvalue weighted by molar-refractivity contribution is 9.10. The smallest absolute Gasteiger partial charge is 0.265 e. The lowest BCUT2D eigenvalue weighted by atomic mass is 10.1. The molecule has 0 saturated heterocycles. The van der Waals surface area contributed by atoms with E-state index in [0.29, 0.717) is 21.2 Å². The van der Waals surface area contributed by atoms with Crippen LogP contribution < -0.4 is 5.56 Å². The van der Waals surface area contributed by atoms with Crippen molar-refractivity contribution >= 4 is 43.8 Å². The van der Waals surface area contributed by atoms with Gasteiger partial charge in [-0.1, -0.05) is 51.8 Å². The summed E-state index contributed by atoms with van der Waals surface area (Å²) >= 11 is 10.7. The maximum atomic E-state index is 12.3. The molecule has 24 heavy (non-hydrogen) atoms. The Morgan fingerprint density at radius 1 is 1.00 bits per heavy atom. The molecular weight excluding hydrogens is 410 g/mol. The van der Waals surface area contributed by atoms with Crippen molar-refractivity contribution in [2.75, 3.05) is 0 Å². The standard InChI is InChI=1S/C17H9BrClN3OS/c18-12-5-1-10(2-6-12)14-9-24-17-20-16(23)15(21-22(14)17)11-3-7-13(19)8-4-11/h1-9H. The summed E-state index contributed by atoms with van der Waals surface area (Å²) in [4.78, 5) is 17.0. The second kappa shape index (κ2) is 6.12. The first kappa shape index (κ1) is 15.5. The molecule has 0 aliphatic rings. The number of aromatic nitrogens is 3. The fourth-order valence-electron chi connectivity index (χ4n) is 2.36. The van der Waals surface area contributed by atoms with E-state index in [1.54, 1.807) is 28.8 Å². The lowest BCUT2D eigenvalue weighted by Crippen LogP contribution is -2.14. The van der Waals surface area contributed by atoms with Crippen LogP contribution in [0.15, 0.2) is 63.2 Å². The summed E-state index contributed by atoms with van der Waals surface area (Å²) in [5.41, 5.74) is 2.55. The van der Waals surface area contributed by atoms with Gasteiger partial charge in [-0.25, -0.2) is 4.52 Å². The van der Waals surface area contributed by atoms with E-state index in [2.05, 4.69) is 26.0 Å². The van der Waals surface area contributed by atoms with Gasteiger partial charge in [-0.3, -0.25) is 4.79 Å². The number of fused-ring (bicyclic) bond motifs is 1. The van der Waals surface area contributed by atoms with Gasteiger partial charge in [0.25, 0.3) is 0 Å². The van der Waals surface area contributed by atoms with Crippen LogP contribution in [0.25, 0.3) is 27.5 Å². The molecule has 118 valence electrons. The van der Waals surface area contributed by atoms with E-state index in [-0.39, 0.29) is 5.56 Å². The van der Waals surface area contributed by atoms with Gasteiger partial charge in [0.15, 0.2) is 5.69 Å². The molecule has 0 aliphatic heterocycles. The third kappa shape index (κ3) is 2.77. The van der Waals surface area contributed by atoms with Crippen molar-refractivity contribution in [2.45, 2.75) is 0 Å². The Bertz CT molecular complexity index is 1090. The molecule has 4 rings (SSSR count). The van der Waals surface area contributed by atoms with Crippen molar-refractivity contribution in [1.29, 1.82) is 0 Å². The first-order valence-electron chi connectivity index (χ1n) is 7.02. The predicted molar refractivity (Wildman–Crippen MR) is 101 cm³/mol. The number of nitrogens with zero attached hydrogens (tertiary/aromatic N) is 3. The fraction of sp³-hybridized carbons (Fsp3) is 0. The minimum Gasteiger partial charge on any atom is -0.265 e. The molecule has 7 heteroatoms. The zero-order valence-corrected chi connectivity index (χ0v) is 15.3. The average molecular weight is 419 g/mol. The lowest BCUT2D eigenvalue weighted by molar-refractivity contribution is 0.914. The summed E-state index contributed by atoms with van der Waals surface area (Å²) in [6.45, 7) is 0. The Morgan fingerprint density at radius 3 is 2.38 bits per heavy atom. The second-order valence-corrected chi connectivity index (χ2v) is 7.28. The van der Waals surface area contributed by atoms with Crippen LogP contribution in [0, 0.1) is 0 Å². The number of thiazole rings is 1. The van der Waals surface area contributed by atoms with Gasteiger partial charge in [0, 0.05) is 26.0 Å². The van der Waals surface area contributed by atoms with Crippen LogP contribution in [0.2, 0.25) is 5.02 Å². The van der Waals surface area contributed by atoms with Crippen molar-refractivity contribution in [3.63, 3.8) is 0 Å². The quantitative estimate of drug-likeness (QED) is 0.465. The molecule has 0 saturated carbocycles. The molecule has 0 fully saturated rings. The Kier molecular flexibility index (Phi) is 3.96. The van der Waals surface area contributed by atoms with Gasteiger partial charge in [0.1, 0.15) is 0 Å². The molecule has 0 bridgehead atoms. The summed E-state index contributed by atoms with van der Waals surface area (Å²) in [5.74, 6) is 0. The maximum absolute atomic E-state index is 12.3. The van der Waals surface area contributed by atoms with Gasteiger partial charge >= 0.3 is 5.56 Å². The Labute approximate surface area is 154 Å². The van der Waals surface area contributed by atoms with Gasteiger partial charge in [-0.05, 0) is 24.3 Å². The molecule has 2 aromatic carbocycles. The van der Waals surface area contributed by atoms with Crippen LogP contribution in [0.5, 0.6) is 0 Å². The van der Waals surface area contributed by atoms with Crippen LogP contribution in [0.3, 0.4) is 0 Å². The Hall–Kier alpha value is -2.02. The SMILES string of the molecule is O=c1nc2scc(-c3ccc(Br)cc3)n2nc1-c1ccc(Cl)cc1. The summed E-state index contributed by atoms with van der Waals surface area (Å²) in [5, 5.41) is 7.09.